The monoisotopic (exact) mass is 347 g/mol. The van der Waals surface area contributed by atoms with Gasteiger partial charge in [-0.05, 0) is 29.7 Å². The molecular weight excluding hydrogens is 334 g/mol. The SMILES string of the molecule is Cc1ccc(C2C3=NC(=O)NC(=O)C3=Cc3cc([N+](=O)[O-])ccc32)cc1. The van der Waals surface area contributed by atoms with Gasteiger partial charge in [0.15, 0.2) is 0 Å². The van der Waals surface area contributed by atoms with Gasteiger partial charge in [-0.1, -0.05) is 35.9 Å². The molecule has 2 aromatic rings. The lowest BCUT2D eigenvalue weighted by Crippen LogP contribution is -2.40. The third-order valence-electron chi connectivity index (χ3n) is 4.54. The number of nitro benzene ring substituents is 1. The van der Waals surface area contributed by atoms with Crippen LogP contribution < -0.4 is 5.32 Å². The van der Waals surface area contributed by atoms with Crippen molar-refractivity contribution in [3.05, 3.63) is 80.4 Å². The van der Waals surface area contributed by atoms with Crippen LogP contribution in [-0.2, 0) is 4.79 Å². The molecule has 7 nitrogen and oxygen atoms in total. The molecule has 4 rings (SSSR count). The third-order valence-corrected chi connectivity index (χ3v) is 4.54. The number of benzene rings is 2. The van der Waals surface area contributed by atoms with E-state index in [1.165, 1.54) is 12.1 Å². The molecule has 0 saturated heterocycles. The lowest BCUT2D eigenvalue weighted by Gasteiger charge is -2.29. The highest BCUT2D eigenvalue weighted by Crippen LogP contribution is 2.39. The number of aryl methyl sites for hydroxylation is 1. The summed E-state index contributed by atoms with van der Waals surface area (Å²) in [5, 5.41) is 13.3. The predicted molar refractivity (Wildman–Crippen MR) is 95.1 cm³/mol. The fourth-order valence-corrected chi connectivity index (χ4v) is 3.30. The van der Waals surface area contributed by atoms with Crippen LogP contribution in [0.25, 0.3) is 6.08 Å². The molecule has 7 heteroatoms. The van der Waals surface area contributed by atoms with E-state index >= 15 is 0 Å². The Morgan fingerprint density at radius 2 is 1.85 bits per heavy atom. The number of nitrogens with one attached hydrogen (secondary N) is 1. The first-order valence-corrected chi connectivity index (χ1v) is 7.95. The molecule has 0 saturated carbocycles. The molecule has 1 heterocycles. The van der Waals surface area contributed by atoms with Gasteiger partial charge in [0.2, 0.25) is 0 Å². The maximum Gasteiger partial charge on any atom is 0.348 e. The zero-order valence-corrected chi connectivity index (χ0v) is 13.7. The van der Waals surface area contributed by atoms with Crippen molar-refractivity contribution in [2.75, 3.05) is 0 Å². The van der Waals surface area contributed by atoms with E-state index in [1.54, 1.807) is 12.1 Å². The molecule has 1 aliphatic carbocycles. The highest BCUT2D eigenvalue weighted by atomic mass is 16.6. The van der Waals surface area contributed by atoms with Crippen LogP contribution in [0.15, 0.2) is 53.0 Å². The molecule has 1 aliphatic heterocycles. The summed E-state index contributed by atoms with van der Waals surface area (Å²) in [6.45, 7) is 1.96. The van der Waals surface area contributed by atoms with Crippen LogP contribution >= 0.6 is 0 Å². The van der Waals surface area contributed by atoms with E-state index in [0.717, 1.165) is 16.7 Å². The Hall–Kier alpha value is -3.61. The van der Waals surface area contributed by atoms with Gasteiger partial charge in [0.1, 0.15) is 0 Å². The van der Waals surface area contributed by atoms with E-state index in [4.69, 9.17) is 0 Å². The van der Waals surface area contributed by atoms with Crippen LogP contribution in [0.2, 0.25) is 0 Å². The van der Waals surface area contributed by atoms with Crippen molar-refractivity contribution < 1.29 is 14.5 Å². The minimum atomic E-state index is -0.704. The Bertz CT molecular complexity index is 1040. The van der Waals surface area contributed by atoms with Crippen LogP contribution in [0, 0.1) is 17.0 Å². The molecule has 26 heavy (non-hydrogen) atoms. The molecule has 2 aliphatic rings. The van der Waals surface area contributed by atoms with Gasteiger partial charge in [0.05, 0.1) is 22.1 Å². The fourth-order valence-electron chi connectivity index (χ4n) is 3.30. The summed E-state index contributed by atoms with van der Waals surface area (Å²) in [6.07, 6.45) is 1.55. The fraction of sp³-hybridized carbons (Fsp3) is 0.105. The van der Waals surface area contributed by atoms with Crippen molar-refractivity contribution in [3.8, 4) is 0 Å². The smallest absolute Gasteiger partial charge is 0.272 e. The molecule has 0 spiro atoms. The summed E-state index contributed by atoms with van der Waals surface area (Å²) in [5.41, 5.74) is 3.83. The molecule has 0 radical (unpaired) electrons. The summed E-state index contributed by atoms with van der Waals surface area (Å²) < 4.78 is 0. The number of aliphatic imine (C=N–C) groups is 1. The van der Waals surface area contributed by atoms with Crippen molar-refractivity contribution in [3.63, 3.8) is 0 Å². The summed E-state index contributed by atoms with van der Waals surface area (Å²) >= 11 is 0. The number of carbonyl (C=O) groups is 2. The Labute approximate surface area is 148 Å². The van der Waals surface area contributed by atoms with E-state index in [-0.39, 0.29) is 11.3 Å². The standard InChI is InChI=1S/C19H13N3O4/c1-10-2-4-11(5-3-10)16-14-7-6-13(22(25)26)8-12(14)9-15-17(16)20-19(24)21-18(15)23/h2-9,16H,1H3,(H,21,23,24). The van der Waals surface area contributed by atoms with E-state index in [2.05, 4.69) is 10.3 Å². The van der Waals surface area contributed by atoms with Crippen molar-refractivity contribution >= 4 is 29.4 Å². The number of fused-ring (bicyclic) bond motifs is 2. The van der Waals surface area contributed by atoms with Crippen molar-refractivity contribution in [2.24, 2.45) is 4.99 Å². The summed E-state index contributed by atoms with van der Waals surface area (Å²) in [7, 11) is 0. The quantitative estimate of drug-likeness (QED) is 0.666. The number of nitro groups is 1. The third kappa shape index (κ3) is 2.50. The molecule has 128 valence electrons. The number of amides is 3. The van der Waals surface area contributed by atoms with Crippen molar-refractivity contribution in [1.82, 2.24) is 5.32 Å². The van der Waals surface area contributed by atoms with Gasteiger partial charge in [-0.2, -0.15) is 4.99 Å². The van der Waals surface area contributed by atoms with E-state index in [9.17, 15) is 19.7 Å². The van der Waals surface area contributed by atoms with Crippen LogP contribution in [0.5, 0.6) is 0 Å². The van der Waals surface area contributed by atoms with Crippen LogP contribution in [0.3, 0.4) is 0 Å². The maximum atomic E-state index is 12.3. The van der Waals surface area contributed by atoms with Gasteiger partial charge in [-0.3, -0.25) is 20.2 Å². The Balaban J connectivity index is 1.98. The van der Waals surface area contributed by atoms with Gasteiger partial charge in [0, 0.05) is 12.1 Å². The van der Waals surface area contributed by atoms with Crippen molar-refractivity contribution in [2.45, 2.75) is 12.8 Å². The second-order valence-electron chi connectivity index (χ2n) is 6.23. The lowest BCUT2D eigenvalue weighted by atomic mass is 9.76. The molecule has 3 amide bonds. The van der Waals surface area contributed by atoms with Gasteiger partial charge in [-0.15, -0.1) is 0 Å². The summed E-state index contributed by atoms with van der Waals surface area (Å²) in [6, 6.07) is 11.5. The van der Waals surface area contributed by atoms with Crippen LogP contribution in [0.1, 0.15) is 28.2 Å². The van der Waals surface area contributed by atoms with Gasteiger partial charge >= 0.3 is 6.03 Å². The normalized spacial score (nSPS) is 18.3. The molecule has 1 N–H and O–H groups in total. The number of nitrogens with zero attached hydrogens (tertiary/aromatic N) is 2. The first-order chi connectivity index (χ1) is 12.4. The molecule has 0 fully saturated rings. The first-order valence-electron chi connectivity index (χ1n) is 7.95. The number of urea groups is 1. The minimum absolute atomic E-state index is 0.0593. The van der Waals surface area contributed by atoms with Crippen LogP contribution in [-0.4, -0.2) is 22.6 Å². The van der Waals surface area contributed by atoms with E-state index < -0.39 is 22.8 Å². The highest BCUT2D eigenvalue weighted by molar-refractivity contribution is 6.35. The van der Waals surface area contributed by atoms with Crippen LogP contribution in [0.4, 0.5) is 10.5 Å². The van der Waals surface area contributed by atoms with Gasteiger partial charge in [-0.25, -0.2) is 4.79 Å². The Morgan fingerprint density at radius 1 is 1.12 bits per heavy atom. The molecule has 0 bridgehead atoms. The van der Waals surface area contributed by atoms with Gasteiger partial charge < -0.3 is 0 Å². The highest BCUT2D eigenvalue weighted by Gasteiger charge is 2.36. The Kier molecular flexibility index (Phi) is 3.50. The average molecular weight is 347 g/mol. The number of non-ortho nitro benzene ring substituents is 1. The minimum Gasteiger partial charge on any atom is -0.272 e. The molecular formula is C19H13N3O4. The first kappa shape index (κ1) is 15.9. The number of imide groups is 1. The molecule has 2 aromatic carbocycles. The number of carbonyl (C=O) groups excluding carboxylic acids is 2. The predicted octanol–water partition coefficient (Wildman–Crippen LogP) is 3.12. The van der Waals surface area contributed by atoms with E-state index in [0.29, 0.717) is 11.3 Å². The summed E-state index contributed by atoms with van der Waals surface area (Å²) in [5.74, 6) is -0.990. The number of hydrogen-bond donors (Lipinski definition) is 1. The molecule has 1 atom stereocenters. The number of hydrogen-bond acceptors (Lipinski definition) is 4. The topological polar surface area (TPSA) is 102 Å². The van der Waals surface area contributed by atoms with E-state index in [1.807, 2.05) is 31.2 Å². The second-order valence-corrected chi connectivity index (χ2v) is 6.23. The molecule has 1 unspecified atom stereocenters. The maximum absolute atomic E-state index is 12.3. The van der Waals surface area contributed by atoms with Gasteiger partial charge in [0.25, 0.3) is 11.6 Å². The summed E-state index contributed by atoms with van der Waals surface area (Å²) in [4.78, 5) is 38.7. The zero-order valence-electron chi connectivity index (χ0n) is 13.7. The molecule has 0 aromatic heterocycles. The van der Waals surface area contributed by atoms with Crippen molar-refractivity contribution in [1.29, 1.82) is 0 Å². The lowest BCUT2D eigenvalue weighted by molar-refractivity contribution is -0.384. The Morgan fingerprint density at radius 3 is 2.54 bits per heavy atom. The average Bonchev–Trinajstić information content (AvgIpc) is 2.60. The zero-order chi connectivity index (χ0) is 18.4. The largest absolute Gasteiger partial charge is 0.348 e. The number of rotatable bonds is 2. The second kappa shape index (κ2) is 5.73.